The van der Waals surface area contributed by atoms with Crippen molar-refractivity contribution in [3.8, 4) is 6.07 Å². The lowest BCUT2D eigenvalue weighted by Crippen LogP contribution is -2.13. The van der Waals surface area contributed by atoms with E-state index in [1.165, 1.54) is 18.2 Å². The van der Waals surface area contributed by atoms with E-state index >= 15 is 0 Å². The van der Waals surface area contributed by atoms with Gasteiger partial charge in [-0.3, -0.25) is 4.72 Å². The van der Waals surface area contributed by atoms with Crippen LogP contribution in [0.5, 0.6) is 0 Å². The van der Waals surface area contributed by atoms with Crippen molar-refractivity contribution in [2.45, 2.75) is 11.3 Å². The van der Waals surface area contributed by atoms with E-state index in [4.69, 9.17) is 11.0 Å². The van der Waals surface area contributed by atoms with Crippen LogP contribution in [0, 0.1) is 17.1 Å². The summed E-state index contributed by atoms with van der Waals surface area (Å²) in [7, 11) is -3.83. The minimum atomic E-state index is -3.83. The number of nitriles is 1. The molecule has 2 rings (SSSR count). The first-order valence-electron chi connectivity index (χ1n) is 5.95. The maximum atomic E-state index is 13.2. The number of anilines is 2. The molecule has 0 aliphatic carbocycles. The van der Waals surface area contributed by atoms with Crippen molar-refractivity contribution in [1.29, 1.82) is 5.26 Å². The summed E-state index contributed by atoms with van der Waals surface area (Å²) in [4.78, 5) is 0.0204. The Hall–Kier alpha value is -2.59. The lowest BCUT2D eigenvalue weighted by atomic mass is 10.2. The molecular weight excluding hydrogens is 293 g/mol. The number of nitrogens with zero attached hydrogens (tertiary/aromatic N) is 1. The molecule has 0 spiro atoms. The van der Waals surface area contributed by atoms with Gasteiger partial charge in [-0.2, -0.15) is 5.26 Å². The van der Waals surface area contributed by atoms with E-state index < -0.39 is 15.8 Å². The van der Waals surface area contributed by atoms with Gasteiger partial charge in [0.25, 0.3) is 10.0 Å². The van der Waals surface area contributed by atoms with E-state index in [-0.39, 0.29) is 22.7 Å². The van der Waals surface area contributed by atoms with Crippen molar-refractivity contribution in [2.75, 3.05) is 10.5 Å². The van der Waals surface area contributed by atoms with Gasteiger partial charge in [0, 0.05) is 5.69 Å². The smallest absolute Gasteiger partial charge is 0.261 e. The number of nitrogen functional groups attached to an aromatic ring is 1. The fourth-order valence-electron chi connectivity index (χ4n) is 1.76. The van der Waals surface area contributed by atoms with Crippen LogP contribution in [-0.2, 0) is 16.4 Å². The molecule has 7 heteroatoms. The van der Waals surface area contributed by atoms with Gasteiger partial charge in [0.2, 0.25) is 0 Å². The number of rotatable bonds is 4. The third-order valence-electron chi connectivity index (χ3n) is 2.69. The first-order valence-corrected chi connectivity index (χ1v) is 7.44. The number of sulfonamides is 1. The molecule has 0 saturated heterocycles. The van der Waals surface area contributed by atoms with Gasteiger partial charge in [-0.25, -0.2) is 12.8 Å². The molecule has 0 atom stereocenters. The maximum Gasteiger partial charge on any atom is 0.261 e. The lowest BCUT2D eigenvalue weighted by Gasteiger charge is -2.09. The van der Waals surface area contributed by atoms with Gasteiger partial charge in [-0.05, 0) is 35.9 Å². The average molecular weight is 305 g/mol. The van der Waals surface area contributed by atoms with E-state index in [0.717, 1.165) is 12.1 Å². The molecule has 2 aromatic rings. The minimum Gasteiger partial charge on any atom is -0.399 e. The fourth-order valence-corrected chi connectivity index (χ4v) is 2.80. The minimum absolute atomic E-state index is 0.0204. The normalized spacial score (nSPS) is 10.9. The Balaban J connectivity index is 2.27. The second-order valence-electron chi connectivity index (χ2n) is 4.36. The summed E-state index contributed by atoms with van der Waals surface area (Å²) < 4.78 is 39.8. The number of nitrogens with one attached hydrogen (secondary N) is 1. The van der Waals surface area contributed by atoms with Gasteiger partial charge in [0.15, 0.2) is 0 Å². The molecule has 108 valence electrons. The molecule has 3 N–H and O–H groups in total. The van der Waals surface area contributed by atoms with Crippen LogP contribution in [0.3, 0.4) is 0 Å². The van der Waals surface area contributed by atoms with E-state index in [1.54, 1.807) is 12.1 Å². The second kappa shape index (κ2) is 5.81. The molecule has 0 aliphatic rings. The summed E-state index contributed by atoms with van der Waals surface area (Å²) in [6.45, 7) is 0. The molecule has 0 bridgehead atoms. The molecule has 0 aromatic heterocycles. The topological polar surface area (TPSA) is 96.0 Å². The Morgan fingerprint density at radius 3 is 2.43 bits per heavy atom. The summed E-state index contributed by atoms with van der Waals surface area (Å²) in [5, 5.41) is 8.57. The highest BCUT2D eigenvalue weighted by Gasteiger charge is 2.14. The van der Waals surface area contributed by atoms with Gasteiger partial charge in [-0.1, -0.05) is 12.1 Å². The number of nitrogens with two attached hydrogens (primary N) is 1. The summed E-state index contributed by atoms with van der Waals surface area (Å²) in [6, 6.07) is 11.3. The van der Waals surface area contributed by atoms with Crippen LogP contribution in [0.25, 0.3) is 0 Å². The molecular formula is C14H12FN3O2S. The third kappa shape index (κ3) is 3.70. The summed E-state index contributed by atoms with van der Waals surface area (Å²) in [5.74, 6) is -0.628. The van der Waals surface area contributed by atoms with Crippen LogP contribution in [0.15, 0.2) is 47.4 Å². The molecule has 0 aliphatic heterocycles. The average Bonchev–Trinajstić information content (AvgIpc) is 2.38. The van der Waals surface area contributed by atoms with Crippen molar-refractivity contribution in [3.05, 3.63) is 53.8 Å². The molecule has 0 unspecified atom stereocenters. The fraction of sp³-hybridized carbons (Fsp3) is 0.0714. The maximum absolute atomic E-state index is 13.2. The van der Waals surface area contributed by atoms with Gasteiger partial charge >= 0.3 is 0 Å². The highest BCUT2D eigenvalue weighted by molar-refractivity contribution is 7.92. The second-order valence-corrected chi connectivity index (χ2v) is 6.04. The molecule has 5 nitrogen and oxygen atoms in total. The zero-order chi connectivity index (χ0) is 15.5. The van der Waals surface area contributed by atoms with Crippen molar-refractivity contribution in [3.63, 3.8) is 0 Å². The highest BCUT2D eigenvalue weighted by Crippen LogP contribution is 2.20. The molecule has 0 fully saturated rings. The molecule has 21 heavy (non-hydrogen) atoms. The molecule has 2 aromatic carbocycles. The quantitative estimate of drug-likeness (QED) is 0.847. The number of halogens is 1. The number of hydrogen-bond acceptors (Lipinski definition) is 4. The van der Waals surface area contributed by atoms with E-state index in [0.29, 0.717) is 5.56 Å². The molecule has 0 radical (unpaired) electrons. The lowest BCUT2D eigenvalue weighted by molar-refractivity contribution is 0.601. The summed E-state index contributed by atoms with van der Waals surface area (Å²) in [5.41, 5.74) is 6.35. The predicted octanol–water partition coefficient (Wildman–Crippen LogP) is 2.27. The number of hydrogen-bond donors (Lipinski definition) is 2. The van der Waals surface area contributed by atoms with E-state index in [2.05, 4.69) is 4.72 Å². The SMILES string of the molecule is N#CCc1ccc(S(=O)(=O)Nc2cc(N)cc(F)c2)cc1. The van der Waals surface area contributed by atoms with Crippen molar-refractivity contribution < 1.29 is 12.8 Å². The van der Waals surface area contributed by atoms with Crippen LogP contribution in [-0.4, -0.2) is 8.42 Å². The van der Waals surface area contributed by atoms with Crippen LogP contribution in [0.4, 0.5) is 15.8 Å². The van der Waals surface area contributed by atoms with E-state index in [9.17, 15) is 12.8 Å². The zero-order valence-electron chi connectivity index (χ0n) is 10.9. The Morgan fingerprint density at radius 2 is 1.86 bits per heavy atom. The van der Waals surface area contributed by atoms with Gasteiger partial charge in [-0.15, -0.1) is 0 Å². The standard InChI is InChI=1S/C14H12FN3O2S/c15-11-7-12(17)9-13(8-11)18-21(19,20)14-3-1-10(2-4-14)5-6-16/h1-4,7-9,18H,5,17H2. The van der Waals surface area contributed by atoms with Crippen molar-refractivity contribution >= 4 is 21.4 Å². The largest absolute Gasteiger partial charge is 0.399 e. The van der Waals surface area contributed by atoms with Crippen LogP contribution in [0.2, 0.25) is 0 Å². The Kier molecular flexibility index (Phi) is 4.10. The van der Waals surface area contributed by atoms with Gasteiger partial charge in [0.05, 0.1) is 23.1 Å². The van der Waals surface area contributed by atoms with Crippen LogP contribution < -0.4 is 10.5 Å². The van der Waals surface area contributed by atoms with Crippen molar-refractivity contribution in [2.24, 2.45) is 0 Å². The van der Waals surface area contributed by atoms with Crippen molar-refractivity contribution in [1.82, 2.24) is 0 Å². The molecule has 0 saturated carbocycles. The van der Waals surface area contributed by atoms with Crippen LogP contribution in [0.1, 0.15) is 5.56 Å². The Labute approximate surface area is 121 Å². The third-order valence-corrected chi connectivity index (χ3v) is 4.09. The molecule has 0 heterocycles. The van der Waals surface area contributed by atoms with E-state index in [1.807, 2.05) is 6.07 Å². The zero-order valence-corrected chi connectivity index (χ0v) is 11.7. The van der Waals surface area contributed by atoms with Gasteiger partial charge in [0.1, 0.15) is 5.82 Å². The molecule has 0 amide bonds. The monoisotopic (exact) mass is 305 g/mol. The number of benzene rings is 2. The Bertz CT molecular complexity index is 776. The summed E-state index contributed by atoms with van der Waals surface area (Å²) in [6.07, 6.45) is 0.203. The highest BCUT2D eigenvalue weighted by atomic mass is 32.2. The Morgan fingerprint density at radius 1 is 1.19 bits per heavy atom. The first kappa shape index (κ1) is 14.8. The summed E-state index contributed by atoms with van der Waals surface area (Å²) >= 11 is 0. The van der Waals surface area contributed by atoms with Crippen LogP contribution >= 0.6 is 0 Å². The first-order chi connectivity index (χ1) is 9.90. The predicted molar refractivity (Wildman–Crippen MR) is 77.4 cm³/mol. The van der Waals surface area contributed by atoms with Gasteiger partial charge < -0.3 is 5.73 Å².